The molecule has 2 amide bonds. The Morgan fingerprint density at radius 2 is 2.15 bits per heavy atom. The van der Waals surface area contributed by atoms with Crippen molar-refractivity contribution in [1.29, 1.82) is 0 Å². The van der Waals surface area contributed by atoms with E-state index < -0.39 is 0 Å². The van der Waals surface area contributed by atoms with E-state index in [9.17, 15) is 9.59 Å². The number of amides is 2. The zero-order valence-corrected chi connectivity index (χ0v) is 12.8. The standard InChI is InChI=1S/C13H15N3O2S2/c1-8(2)14-11(17)6-9-7-20-13(15-9)16-12(18)10-4-3-5-19-10/h3-5,7-8H,6H2,1-2H3,(H,14,17)(H,15,16,18). The Morgan fingerprint density at radius 3 is 2.80 bits per heavy atom. The molecule has 0 aliphatic rings. The Labute approximate surface area is 125 Å². The van der Waals surface area contributed by atoms with Crippen molar-refractivity contribution in [3.63, 3.8) is 0 Å². The summed E-state index contributed by atoms with van der Waals surface area (Å²) in [6.45, 7) is 3.82. The van der Waals surface area contributed by atoms with Crippen molar-refractivity contribution in [2.75, 3.05) is 5.32 Å². The summed E-state index contributed by atoms with van der Waals surface area (Å²) in [6.07, 6.45) is 0.226. The minimum atomic E-state index is -0.174. The molecular weight excluding hydrogens is 294 g/mol. The lowest BCUT2D eigenvalue weighted by molar-refractivity contribution is -0.120. The van der Waals surface area contributed by atoms with Crippen LogP contribution < -0.4 is 10.6 Å². The van der Waals surface area contributed by atoms with Crippen molar-refractivity contribution in [3.05, 3.63) is 33.5 Å². The van der Waals surface area contributed by atoms with E-state index in [4.69, 9.17) is 0 Å². The topological polar surface area (TPSA) is 71.1 Å². The van der Waals surface area contributed by atoms with Crippen LogP contribution >= 0.6 is 22.7 Å². The van der Waals surface area contributed by atoms with Gasteiger partial charge >= 0.3 is 0 Å². The van der Waals surface area contributed by atoms with Gasteiger partial charge in [-0.15, -0.1) is 22.7 Å². The summed E-state index contributed by atoms with van der Waals surface area (Å²) in [7, 11) is 0. The molecule has 2 rings (SSSR count). The summed E-state index contributed by atoms with van der Waals surface area (Å²) in [4.78, 5) is 28.3. The number of hydrogen-bond donors (Lipinski definition) is 2. The smallest absolute Gasteiger partial charge is 0.267 e. The van der Waals surface area contributed by atoms with Gasteiger partial charge in [-0.3, -0.25) is 14.9 Å². The third-order valence-electron chi connectivity index (χ3n) is 2.31. The molecule has 0 fully saturated rings. The third kappa shape index (κ3) is 4.14. The van der Waals surface area contributed by atoms with Crippen LogP contribution in [0.1, 0.15) is 29.2 Å². The maximum Gasteiger partial charge on any atom is 0.267 e. The van der Waals surface area contributed by atoms with E-state index in [2.05, 4.69) is 15.6 Å². The molecule has 0 unspecified atom stereocenters. The zero-order chi connectivity index (χ0) is 14.5. The zero-order valence-electron chi connectivity index (χ0n) is 11.2. The lowest BCUT2D eigenvalue weighted by Crippen LogP contribution is -2.31. The fourth-order valence-corrected chi connectivity index (χ4v) is 2.87. The molecule has 20 heavy (non-hydrogen) atoms. The molecule has 0 saturated carbocycles. The molecule has 0 spiro atoms. The van der Waals surface area contributed by atoms with Gasteiger partial charge in [-0.1, -0.05) is 6.07 Å². The van der Waals surface area contributed by atoms with Crippen molar-refractivity contribution >= 4 is 39.6 Å². The highest BCUT2D eigenvalue weighted by Gasteiger charge is 2.12. The molecule has 0 saturated heterocycles. The highest BCUT2D eigenvalue weighted by molar-refractivity contribution is 7.14. The van der Waals surface area contributed by atoms with Gasteiger partial charge in [0.05, 0.1) is 17.0 Å². The maximum atomic E-state index is 11.8. The Balaban J connectivity index is 1.92. The second kappa shape index (κ2) is 6.62. The first-order valence-corrected chi connectivity index (χ1v) is 7.89. The normalized spacial score (nSPS) is 10.6. The monoisotopic (exact) mass is 309 g/mol. The quantitative estimate of drug-likeness (QED) is 0.891. The number of thiophene rings is 1. The Kier molecular flexibility index (Phi) is 4.86. The van der Waals surface area contributed by atoms with Crippen LogP contribution in [0.5, 0.6) is 0 Å². The van der Waals surface area contributed by atoms with Crippen molar-refractivity contribution < 1.29 is 9.59 Å². The van der Waals surface area contributed by atoms with Crippen molar-refractivity contribution in [2.45, 2.75) is 26.3 Å². The average molecular weight is 309 g/mol. The molecule has 106 valence electrons. The Hall–Kier alpha value is -1.73. The van der Waals surface area contributed by atoms with Gasteiger partial charge < -0.3 is 5.32 Å². The van der Waals surface area contributed by atoms with Crippen molar-refractivity contribution in [3.8, 4) is 0 Å². The predicted molar refractivity (Wildman–Crippen MR) is 81.4 cm³/mol. The number of carbonyl (C=O) groups is 2. The number of rotatable bonds is 5. The highest BCUT2D eigenvalue weighted by atomic mass is 32.1. The van der Waals surface area contributed by atoms with Gasteiger partial charge in [-0.05, 0) is 25.3 Å². The average Bonchev–Trinajstić information content (AvgIpc) is 2.99. The van der Waals surface area contributed by atoms with Crippen LogP contribution in [0.4, 0.5) is 5.13 Å². The summed E-state index contributed by atoms with van der Waals surface area (Å²) in [5.41, 5.74) is 0.662. The molecular formula is C13H15N3O2S2. The van der Waals surface area contributed by atoms with Crippen LogP contribution in [0, 0.1) is 0 Å². The molecule has 0 radical (unpaired) electrons. The van der Waals surface area contributed by atoms with Crippen LogP contribution in [0.25, 0.3) is 0 Å². The van der Waals surface area contributed by atoms with Crippen LogP contribution in [-0.2, 0) is 11.2 Å². The van der Waals surface area contributed by atoms with E-state index in [-0.39, 0.29) is 24.3 Å². The molecule has 2 aromatic rings. The molecule has 2 N–H and O–H groups in total. The number of anilines is 1. The number of carbonyl (C=O) groups excluding carboxylic acids is 2. The largest absolute Gasteiger partial charge is 0.354 e. The van der Waals surface area contributed by atoms with Gasteiger partial charge in [0.15, 0.2) is 5.13 Å². The van der Waals surface area contributed by atoms with E-state index in [1.54, 1.807) is 11.4 Å². The molecule has 2 aromatic heterocycles. The van der Waals surface area contributed by atoms with Gasteiger partial charge in [-0.2, -0.15) is 0 Å². The van der Waals surface area contributed by atoms with E-state index >= 15 is 0 Å². The first-order valence-electron chi connectivity index (χ1n) is 6.13. The number of aromatic nitrogens is 1. The lowest BCUT2D eigenvalue weighted by Gasteiger charge is -2.06. The number of nitrogens with one attached hydrogen (secondary N) is 2. The minimum Gasteiger partial charge on any atom is -0.354 e. The second-order valence-corrected chi connectivity index (χ2v) is 6.28. The Morgan fingerprint density at radius 1 is 1.35 bits per heavy atom. The summed E-state index contributed by atoms with van der Waals surface area (Å²) in [5, 5.41) is 9.67. The molecule has 7 heteroatoms. The van der Waals surface area contributed by atoms with Gasteiger partial charge in [0.2, 0.25) is 5.91 Å². The predicted octanol–water partition coefficient (Wildman–Crippen LogP) is 2.52. The van der Waals surface area contributed by atoms with Crippen LogP contribution in [0.2, 0.25) is 0 Å². The fourth-order valence-electron chi connectivity index (χ4n) is 1.55. The van der Waals surface area contributed by atoms with E-state index in [1.165, 1.54) is 22.7 Å². The van der Waals surface area contributed by atoms with Crippen LogP contribution in [-0.4, -0.2) is 22.8 Å². The summed E-state index contributed by atoms with van der Waals surface area (Å²) < 4.78 is 0. The number of nitrogens with zero attached hydrogens (tertiary/aromatic N) is 1. The van der Waals surface area contributed by atoms with Crippen LogP contribution in [0.3, 0.4) is 0 Å². The van der Waals surface area contributed by atoms with Crippen molar-refractivity contribution in [1.82, 2.24) is 10.3 Å². The first-order chi connectivity index (χ1) is 9.54. The summed E-state index contributed by atoms with van der Waals surface area (Å²) >= 11 is 2.69. The molecule has 0 atom stereocenters. The lowest BCUT2D eigenvalue weighted by atomic mass is 10.3. The van der Waals surface area contributed by atoms with E-state index in [0.717, 1.165) is 0 Å². The van der Waals surface area contributed by atoms with Gasteiger partial charge in [0.25, 0.3) is 5.91 Å². The maximum absolute atomic E-state index is 11.8. The van der Waals surface area contributed by atoms with Gasteiger partial charge in [0, 0.05) is 11.4 Å². The highest BCUT2D eigenvalue weighted by Crippen LogP contribution is 2.18. The minimum absolute atomic E-state index is 0.0681. The molecule has 2 heterocycles. The molecule has 0 aliphatic heterocycles. The molecule has 5 nitrogen and oxygen atoms in total. The third-order valence-corrected chi connectivity index (χ3v) is 3.98. The first kappa shape index (κ1) is 14.7. The van der Waals surface area contributed by atoms with Crippen molar-refractivity contribution in [2.24, 2.45) is 0 Å². The van der Waals surface area contributed by atoms with E-state index in [1.807, 2.05) is 25.3 Å². The Bertz CT molecular complexity index is 591. The van der Waals surface area contributed by atoms with Crippen LogP contribution in [0.15, 0.2) is 22.9 Å². The number of hydrogen-bond acceptors (Lipinski definition) is 5. The van der Waals surface area contributed by atoms with E-state index in [0.29, 0.717) is 15.7 Å². The van der Waals surface area contributed by atoms with Gasteiger partial charge in [-0.25, -0.2) is 4.98 Å². The second-order valence-electron chi connectivity index (χ2n) is 4.47. The molecule has 0 aromatic carbocycles. The summed E-state index contributed by atoms with van der Waals surface area (Å²) in [5.74, 6) is -0.242. The SMILES string of the molecule is CC(C)NC(=O)Cc1csc(NC(=O)c2cccs2)n1. The fraction of sp³-hybridized carbons (Fsp3) is 0.308. The molecule has 0 aliphatic carbocycles. The van der Waals surface area contributed by atoms with Gasteiger partial charge in [0.1, 0.15) is 0 Å². The molecule has 0 bridgehead atoms. The number of thiazole rings is 1. The summed E-state index contributed by atoms with van der Waals surface area (Å²) in [6, 6.07) is 3.69.